The summed E-state index contributed by atoms with van der Waals surface area (Å²) in [6, 6.07) is 13.2. The number of amides is 1. The van der Waals surface area contributed by atoms with E-state index in [0.29, 0.717) is 29.5 Å². The molecule has 122 valence electrons. The minimum absolute atomic E-state index is 0.146. The molecular weight excluding hydrogens is 322 g/mol. The number of ether oxygens (including phenoxy) is 1. The Balaban J connectivity index is 1.58. The standard InChI is InChI=1S/C18H17N3O2S/c1-24-18-14(7-4-10-21-18)17(22)20-11-12-23-15-8-2-5-13-6-3-9-19-16(13)15/h2-10H,11-12H2,1H3,(H,20,22). The molecule has 0 aliphatic carbocycles. The second kappa shape index (κ2) is 7.79. The number of rotatable bonds is 6. The molecule has 0 saturated carbocycles. The minimum atomic E-state index is -0.146. The first-order chi connectivity index (χ1) is 11.8. The molecule has 0 unspecified atom stereocenters. The summed E-state index contributed by atoms with van der Waals surface area (Å²) in [5.41, 5.74) is 1.40. The molecule has 24 heavy (non-hydrogen) atoms. The fourth-order valence-electron chi connectivity index (χ4n) is 2.34. The van der Waals surface area contributed by atoms with Crippen LogP contribution in [0.2, 0.25) is 0 Å². The molecule has 3 rings (SSSR count). The lowest BCUT2D eigenvalue weighted by molar-refractivity contribution is 0.0943. The molecule has 6 heteroatoms. The molecule has 2 aromatic heterocycles. The predicted molar refractivity (Wildman–Crippen MR) is 95.6 cm³/mol. The first-order valence-electron chi connectivity index (χ1n) is 7.53. The maximum Gasteiger partial charge on any atom is 0.254 e. The number of thioether (sulfide) groups is 1. The molecule has 1 amide bonds. The van der Waals surface area contributed by atoms with Gasteiger partial charge in [0, 0.05) is 17.8 Å². The average molecular weight is 339 g/mol. The number of carbonyl (C=O) groups excluding carboxylic acids is 1. The average Bonchev–Trinajstić information content (AvgIpc) is 2.65. The smallest absolute Gasteiger partial charge is 0.254 e. The third kappa shape index (κ3) is 3.65. The van der Waals surface area contributed by atoms with Crippen molar-refractivity contribution in [2.75, 3.05) is 19.4 Å². The molecule has 1 aromatic carbocycles. The van der Waals surface area contributed by atoms with Gasteiger partial charge in [0.2, 0.25) is 0 Å². The van der Waals surface area contributed by atoms with E-state index < -0.39 is 0 Å². The van der Waals surface area contributed by atoms with E-state index in [4.69, 9.17) is 4.74 Å². The normalized spacial score (nSPS) is 10.5. The lowest BCUT2D eigenvalue weighted by atomic mass is 10.2. The molecular formula is C18H17N3O2S. The van der Waals surface area contributed by atoms with Crippen LogP contribution < -0.4 is 10.1 Å². The van der Waals surface area contributed by atoms with Crippen LogP contribution in [0.1, 0.15) is 10.4 Å². The number of hydrogen-bond donors (Lipinski definition) is 1. The van der Waals surface area contributed by atoms with Crippen LogP contribution in [0.4, 0.5) is 0 Å². The zero-order valence-electron chi connectivity index (χ0n) is 13.2. The maximum absolute atomic E-state index is 12.2. The third-order valence-electron chi connectivity index (χ3n) is 3.45. The van der Waals surface area contributed by atoms with Gasteiger partial charge in [-0.05, 0) is 30.5 Å². The number of nitrogens with zero attached hydrogens (tertiary/aromatic N) is 2. The van der Waals surface area contributed by atoms with Gasteiger partial charge in [-0.1, -0.05) is 18.2 Å². The molecule has 2 heterocycles. The quantitative estimate of drug-likeness (QED) is 0.552. The fourth-order valence-corrected chi connectivity index (χ4v) is 2.89. The fraction of sp³-hybridized carbons (Fsp3) is 0.167. The van der Waals surface area contributed by atoms with Crippen LogP contribution in [-0.4, -0.2) is 35.3 Å². The van der Waals surface area contributed by atoms with Gasteiger partial charge in [0.05, 0.1) is 12.1 Å². The van der Waals surface area contributed by atoms with Gasteiger partial charge in [0.1, 0.15) is 22.9 Å². The van der Waals surface area contributed by atoms with Gasteiger partial charge >= 0.3 is 0 Å². The van der Waals surface area contributed by atoms with Crippen LogP contribution in [-0.2, 0) is 0 Å². The van der Waals surface area contributed by atoms with E-state index in [1.807, 2.05) is 36.6 Å². The Kier molecular flexibility index (Phi) is 5.28. The van der Waals surface area contributed by atoms with E-state index in [-0.39, 0.29) is 5.91 Å². The van der Waals surface area contributed by atoms with Gasteiger partial charge in [-0.2, -0.15) is 0 Å². The second-order valence-electron chi connectivity index (χ2n) is 5.00. The van der Waals surface area contributed by atoms with Crippen molar-refractivity contribution in [1.29, 1.82) is 0 Å². The van der Waals surface area contributed by atoms with Gasteiger partial charge in [-0.3, -0.25) is 9.78 Å². The van der Waals surface area contributed by atoms with E-state index in [0.717, 1.165) is 10.9 Å². The van der Waals surface area contributed by atoms with Gasteiger partial charge < -0.3 is 10.1 Å². The first-order valence-corrected chi connectivity index (χ1v) is 8.76. The molecule has 0 saturated heterocycles. The Morgan fingerprint density at radius 1 is 1.12 bits per heavy atom. The SMILES string of the molecule is CSc1ncccc1C(=O)NCCOc1cccc2cccnc12. The van der Waals surface area contributed by atoms with Crippen molar-refractivity contribution in [3.63, 3.8) is 0 Å². The highest BCUT2D eigenvalue weighted by Crippen LogP contribution is 2.22. The molecule has 0 fully saturated rings. The van der Waals surface area contributed by atoms with E-state index in [9.17, 15) is 4.79 Å². The zero-order valence-corrected chi connectivity index (χ0v) is 14.0. The van der Waals surface area contributed by atoms with Crippen molar-refractivity contribution in [3.05, 3.63) is 60.4 Å². The number of aromatic nitrogens is 2. The van der Waals surface area contributed by atoms with E-state index >= 15 is 0 Å². The summed E-state index contributed by atoms with van der Waals surface area (Å²) in [5, 5.41) is 4.60. The topological polar surface area (TPSA) is 64.1 Å². The molecule has 1 N–H and O–H groups in total. The highest BCUT2D eigenvalue weighted by Gasteiger charge is 2.11. The van der Waals surface area contributed by atoms with Crippen molar-refractivity contribution in [3.8, 4) is 5.75 Å². The van der Waals surface area contributed by atoms with Crippen LogP contribution in [0.5, 0.6) is 5.75 Å². The molecule has 0 spiro atoms. The Bertz CT molecular complexity index is 849. The summed E-state index contributed by atoms with van der Waals surface area (Å²) in [4.78, 5) is 20.7. The number of benzene rings is 1. The lowest BCUT2D eigenvalue weighted by Crippen LogP contribution is -2.28. The van der Waals surface area contributed by atoms with Gasteiger partial charge in [0.15, 0.2) is 0 Å². The number of carbonyl (C=O) groups is 1. The van der Waals surface area contributed by atoms with Gasteiger partial charge in [-0.25, -0.2) is 4.98 Å². The van der Waals surface area contributed by atoms with E-state index in [1.54, 1.807) is 24.5 Å². The van der Waals surface area contributed by atoms with E-state index in [2.05, 4.69) is 15.3 Å². The Hall–Kier alpha value is -2.60. The Labute approximate surface area is 144 Å². The van der Waals surface area contributed by atoms with Gasteiger partial charge in [-0.15, -0.1) is 11.8 Å². The lowest BCUT2D eigenvalue weighted by Gasteiger charge is -2.10. The minimum Gasteiger partial charge on any atom is -0.489 e. The van der Waals surface area contributed by atoms with Crippen molar-refractivity contribution >= 4 is 28.6 Å². The van der Waals surface area contributed by atoms with Crippen LogP contribution >= 0.6 is 11.8 Å². The molecule has 3 aromatic rings. The number of fused-ring (bicyclic) bond motifs is 1. The molecule has 0 aliphatic rings. The van der Waals surface area contributed by atoms with Gasteiger partial charge in [0.25, 0.3) is 5.91 Å². The van der Waals surface area contributed by atoms with Crippen molar-refractivity contribution in [2.45, 2.75) is 5.03 Å². The summed E-state index contributed by atoms with van der Waals surface area (Å²) in [5.74, 6) is 0.570. The summed E-state index contributed by atoms with van der Waals surface area (Å²) in [6.07, 6.45) is 5.32. The Morgan fingerprint density at radius 3 is 2.79 bits per heavy atom. The molecule has 0 radical (unpaired) electrons. The van der Waals surface area contributed by atoms with Crippen LogP contribution in [0.15, 0.2) is 59.9 Å². The molecule has 0 aliphatic heterocycles. The van der Waals surface area contributed by atoms with Crippen molar-refractivity contribution in [2.24, 2.45) is 0 Å². The highest BCUT2D eigenvalue weighted by atomic mass is 32.2. The second-order valence-corrected chi connectivity index (χ2v) is 5.79. The van der Waals surface area contributed by atoms with E-state index in [1.165, 1.54) is 11.8 Å². The van der Waals surface area contributed by atoms with Crippen LogP contribution in [0.3, 0.4) is 0 Å². The van der Waals surface area contributed by atoms with Crippen molar-refractivity contribution < 1.29 is 9.53 Å². The predicted octanol–water partition coefficient (Wildman–Crippen LogP) is 3.16. The highest BCUT2D eigenvalue weighted by molar-refractivity contribution is 7.98. The molecule has 5 nitrogen and oxygen atoms in total. The summed E-state index contributed by atoms with van der Waals surface area (Å²) in [7, 11) is 0. The maximum atomic E-state index is 12.2. The molecule has 0 atom stereocenters. The summed E-state index contributed by atoms with van der Waals surface area (Å²) in [6.45, 7) is 0.779. The Morgan fingerprint density at radius 2 is 1.92 bits per heavy atom. The summed E-state index contributed by atoms with van der Waals surface area (Å²) >= 11 is 1.45. The monoisotopic (exact) mass is 339 g/mol. The van der Waals surface area contributed by atoms with Crippen molar-refractivity contribution in [1.82, 2.24) is 15.3 Å². The van der Waals surface area contributed by atoms with Crippen LogP contribution in [0, 0.1) is 0 Å². The number of pyridine rings is 2. The number of nitrogens with one attached hydrogen (secondary N) is 1. The van der Waals surface area contributed by atoms with Crippen LogP contribution in [0.25, 0.3) is 10.9 Å². The summed E-state index contributed by atoms with van der Waals surface area (Å²) < 4.78 is 5.76. The number of para-hydroxylation sites is 1. The molecule has 0 bridgehead atoms. The largest absolute Gasteiger partial charge is 0.489 e. The third-order valence-corrected chi connectivity index (χ3v) is 4.16. The first kappa shape index (κ1) is 16.3. The zero-order chi connectivity index (χ0) is 16.8. The number of hydrogen-bond acceptors (Lipinski definition) is 5.